The monoisotopic (exact) mass is 242 g/mol. The van der Waals surface area contributed by atoms with E-state index in [0.717, 1.165) is 31.0 Å². The summed E-state index contributed by atoms with van der Waals surface area (Å²) in [5.41, 5.74) is 0. The van der Waals surface area contributed by atoms with E-state index in [1.165, 1.54) is 6.20 Å². The molecule has 6 heteroatoms. The molecule has 1 aromatic heterocycles. The Labute approximate surface area is 98.7 Å². The molecule has 1 aromatic rings. The SMILES string of the molecule is CNc1ncc(F)c(N2CCCSCC2)n1. The lowest BCUT2D eigenvalue weighted by atomic mass is 10.4. The highest BCUT2D eigenvalue weighted by molar-refractivity contribution is 7.99. The van der Waals surface area contributed by atoms with Gasteiger partial charge in [-0.2, -0.15) is 16.7 Å². The Bertz CT molecular complexity index is 353. The first-order valence-corrected chi connectivity index (χ1v) is 6.49. The van der Waals surface area contributed by atoms with Crippen molar-refractivity contribution in [1.29, 1.82) is 0 Å². The Balaban J connectivity index is 2.22. The Morgan fingerprint density at radius 2 is 2.31 bits per heavy atom. The first kappa shape index (κ1) is 11.4. The van der Waals surface area contributed by atoms with E-state index in [9.17, 15) is 4.39 Å². The lowest BCUT2D eigenvalue weighted by Crippen LogP contribution is -2.27. The molecule has 0 saturated carbocycles. The van der Waals surface area contributed by atoms with Crippen LogP contribution >= 0.6 is 11.8 Å². The summed E-state index contributed by atoms with van der Waals surface area (Å²) in [4.78, 5) is 10.0. The molecule has 88 valence electrons. The average Bonchev–Trinajstić information content (AvgIpc) is 2.58. The van der Waals surface area contributed by atoms with Crippen LogP contribution < -0.4 is 10.2 Å². The quantitative estimate of drug-likeness (QED) is 0.853. The summed E-state index contributed by atoms with van der Waals surface area (Å²) in [6.45, 7) is 1.71. The first-order valence-electron chi connectivity index (χ1n) is 5.34. The summed E-state index contributed by atoms with van der Waals surface area (Å²) in [7, 11) is 1.73. The number of anilines is 2. The molecule has 0 amide bonds. The van der Waals surface area contributed by atoms with Crippen LogP contribution in [0.2, 0.25) is 0 Å². The van der Waals surface area contributed by atoms with Crippen molar-refractivity contribution in [3.63, 3.8) is 0 Å². The molecule has 1 saturated heterocycles. The van der Waals surface area contributed by atoms with Gasteiger partial charge in [0, 0.05) is 25.9 Å². The van der Waals surface area contributed by atoms with Crippen LogP contribution in [0.5, 0.6) is 0 Å². The molecule has 0 aromatic carbocycles. The summed E-state index contributed by atoms with van der Waals surface area (Å²) < 4.78 is 13.6. The van der Waals surface area contributed by atoms with Gasteiger partial charge in [-0.15, -0.1) is 0 Å². The second kappa shape index (κ2) is 5.34. The summed E-state index contributed by atoms with van der Waals surface area (Å²) in [6.07, 6.45) is 2.30. The molecule has 1 aliphatic heterocycles. The predicted octanol–water partition coefficient (Wildman–Crippen LogP) is 1.60. The predicted molar refractivity (Wildman–Crippen MR) is 65.7 cm³/mol. The van der Waals surface area contributed by atoms with Gasteiger partial charge in [-0.1, -0.05) is 0 Å². The normalized spacial score (nSPS) is 17.0. The van der Waals surface area contributed by atoms with Crippen LogP contribution in [0.1, 0.15) is 6.42 Å². The van der Waals surface area contributed by atoms with Crippen LogP contribution in [-0.4, -0.2) is 41.6 Å². The third-order valence-electron chi connectivity index (χ3n) is 2.47. The van der Waals surface area contributed by atoms with Gasteiger partial charge in [0.05, 0.1) is 6.20 Å². The summed E-state index contributed by atoms with van der Waals surface area (Å²) >= 11 is 1.91. The highest BCUT2D eigenvalue weighted by atomic mass is 32.2. The lowest BCUT2D eigenvalue weighted by Gasteiger charge is -2.21. The molecule has 0 atom stereocenters. The Morgan fingerprint density at radius 3 is 3.12 bits per heavy atom. The van der Waals surface area contributed by atoms with Crippen molar-refractivity contribution < 1.29 is 4.39 Å². The fraction of sp³-hybridized carbons (Fsp3) is 0.600. The van der Waals surface area contributed by atoms with Crippen molar-refractivity contribution in [3.8, 4) is 0 Å². The van der Waals surface area contributed by atoms with Crippen LogP contribution in [0.3, 0.4) is 0 Å². The van der Waals surface area contributed by atoms with Crippen LogP contribution in [0.15, 0.2) is 6.20 Å². The van der Waals surface area contributed by atoms with E-state index in [0.29, 0.717) is 11.8 Å². The molecule has 16 heavy (non-hydrogen) atoms. The fourth-order valence-corrected chi connectivity index (χ4v) is 2.55. The highest BCUT2D eigenvalue weighted by Crippen LogP contribution is 2.20. The van der Waals surface area contributed by atoms with E-state index in [-0.39, 0.29) is 5.82 Å². The number of nitrogens with one attached hydrogen (secondary N) is 1. The number of aromatic nitrogens is 2. The number of nitrogens with zero attached hydrogens (tertiary/aromatic N) is 3. The van der Waals surface area contributed by atoms with Crippen molar-refractivity contribution in [3.05, 3.63) is 12.0 Å². The van der Waals surface area contributed by atoms with Gasteiger partial charge < -0.3 is 10.2 Å². The van der Waals surface area contributed by atoms with Crippen molar-refractivity contribution in [2.45, 2.75) is 6.42 Å². The van der Waals surface area contributed by atoms with Crippen molar-refractivity contribution in [2.24, 2.45) is 0 Å². The van der Waals surface area contributed by atoms with Gasteiger partial charge in [-0.05, 0) is 12.2 Å². The maximum absolute atomic E-state index is 13.6. The number of hydrogen-bond donors (Lipinski definition) is 1. The fourth-order valence-electron chi connectivity index (χ4n) is 1.66. The standard InChI is InChI=1S/C10H15FN4S/c1-12-10-13-7-8(11)9(14-10)15-3-2-5-16-6-4-15/h7H,2-6H2,1H3,(H,12,13,14). The third kappa shape index (κ3) is 2.55. The molecule has 2 rings (SSSR count). The van der Waals surface area contributed by atoms with Crippen LogP contribution in [-0.2, 0) is 0 Å². The molecule has 2 heterocycles. The van der Waals surface area contributed by atoms with Gasteiger partial charge in [-0.3, -0.25) is 0 Å². The molecular formula is C10H15FN4S. The van der Waals surface area contributed by atoms with Crippen molar-refractivity contribution in [1.82, 2.24) is 9.97 Å². The highest BCUT2D eigenvalue weighted by Gasteiger charge is 2.16. The molecule has 0 bridgehead atoms. The second-order valence-corrected chi connectivity index (χ2v) is 4.79. The zero-order valence-corrected chi connectivity index (χ0v) is 10.1. The third-order valence-corrected chi connectivity index (χ3v) is 3.52. The molecule has 0 radical (unpaired) electrons. The Morgan fingerprint density at radius 1 is 1.44 bits per heavy atom. The molecule has 0 aliphatic carbocycles. The van der Waals surface area contributed by atoms with Crippen LogP contribution in [0, 0.1) is 5.82 Å². The Hall–Kier alpha value is -1.04. The van der Waals surface area contributed by atoms with Gasteiger partial charge in [0.1, 0.15) is 0 Å². The van der Waals surface area contributed by atoms with Crippen molar-refractivity contribution >= 4 is 23.5 Å². The maximum atomic E-state index is 13.6. The largest absolute Gasteiger partial charge is 0.357 e. The van der Waals surface area contributed by atoms with Gasteiger partial charge in [0.25, 0.3) is 0 Å². The van der Waals surface area contributed by atoms with E-state index < -0.39 is 0 Å². The molecule has 1 N–H and O–H groups in total. The zero-order valence-electron chi connectivity index (χ0n) is 9.24. The smallest absolute Gasteiger partial charge is 0.224 e. The van der Waals surface area contributed by atoms with Crippen molar-refractivity contribution in [2.75, 3.05) is 41.9 Å². The van der Waals surface area contributed by atoms with Gasteiger partial charge in [0.2, 0.25) is 5.95 Å². The molecule has 0 spiro atoms. The number of rotatable bonds is 2. The van der Waals surface area contributed by atoms with Gasteiger partial charge >= 0.3 is 0 Å². The number of hydrogen-bond acceptors (Lipinski definition) is 5. The molecule has 1 aliphatic rings. The zero-order chi connectivity index (χ0) is 11.4. The summed E-state index contributed by atoms with van der Waals surface area (Å²) in [6, 6.07) is 0. The average molecular weight is 242 g/mol. The van der Waals surface area contributed by atoms with E-state index >= 15 is 0 Å². The summed E-state index contributed by atoms with van der Waals surface area (Å²) in [5, 5.41) is 2.83. The molecule has 4 nitrogen and oxygen atoms in total. The second-order valence-electron chi connectivity index (χ2n) is 3.57. The topological polar surface area (TPSA) is 41.1 Å². The maximum Gasteiger partial charge on any atom is 0.224 e. The van der Waals surface area contributed by atoms with E-state index in [2.05, 4.69) is 15.3 Å². The minimum Gasteiger partial charge on any atom is -0.357 e. The Kier molecular flexibility index (Phi) is 3.82. The molecular weight excluding hydrogens is 227 g/mol. The van der Waals surface area contributed by atoms with E-state index in [1.807, 2.05) is 16.7 Å². The summed E-state index contributed by atoms with van der Waals surface area (Å²) in [5.74, 6) is 2.71. The molecule has 0 unspecified atom stereocenters. The van der Waals surface area contributed by atoms with E-state index in [4.69, 9.17) is 0 Å². The van der Waals surface area contributed by atoms with Crippen LogP contribution in [0.25, 0.3) is 0 Å². The molecule has 1 fully saturated rings. The van der Waals surface area contributed by atoms with Gasteiger partial charge in [-0.25, -0.2) is 9.37 Å². The minimum absolute atomic E-state index is 0.342. The van der Waals surface area contributed by atoms with Crippen LogP contribution in [0.4, 0.5) is 16.2 Å². The number of halogens is 1. The van der Waals surface area contributed by atoms with E-state index in [1.54, 1.807) is 7.05 Å². The minimum atomic E-state index is -0.342. The number of thioether (sulfide) groups is 1. The first-order chi connectivity index (χ1) is 7.81. The lowest BCUT2D eigenvalue weighted by molar-refractivity contribution is 0.603. The van der Waals surface area contributed by atoms with Gasteiger partial charge in [0.15, 0.2) is 11.6 Å².